The number of hydrogen-bond acceptors (Lipinski definition) is 6. The molecule has 0 saturated heterocycles. The molecule has 1 N–H and O–H groups in total. The lowest BCUT2D eigenvalue weighted by atomic mass is 10.5. The largest absolute Gasteiger partial charge is 0.424 e. The first-order chi connectivity index (χ1) is 6.78. The van der Waals surface area contributed by atoms with Crippen LogP contribution in [0.15, 0.2) is 10.6 Å². The van der Waals surface area contributed by atoms with Crippen LogP contribution in [-0.4, -0.2) is 30.3 Å². The summed E-state index contributed by atoms with van der Waals surface area (Å²) in [5.74, 6) is 0.986. The average Bonchev–Trinajstić information content (AvgIpc) is 2.76. The molecule has 2 rings (SSSR count). The maximum Gasteiger partial charge on any atom is 0.237 e. The van der Waals surface area contributed by atoms with Crippen molar-refractivity contribution >= 4 is 0 Å². The zero-order valence-electron chi connectivity index (χ0n) is 7.58. The van der Waals surface area contributed by atoms with Crippen molar-refractivity contribution in [2.75, 3.05) is 0 Å². The standard InChI is InChI=1S/C7H9N5O2/c1-5-8-10-7(14-5)3-12-2-6(4-13)9-11-12/h2,13H,3-4H2,1H3. The molecule has 0 amide bonds. The van der Waals surface area contributed by atoms with Gasteiger partial charge in [0.25, 0.3) is 0 Å². The Balaban J connectivity index is 2.10. The van der Waals surface area contributed by atoms with Crippen molar-refractivity contribution in [3.05, 3.63) is 23.7 Å². The summed E-state index contributed by atoms with van der Waals surface area (Å²) in [4.78, 5) is 0. The number of rotatable bonds is 3. The number of nitrogens with zero attached hydrogens (tertiary/aromatic N) is 5. The minimum Gasteiger partial charge on any atom is -0.424 e. The lowest BCUT2D eigenvalue weighted by Gasteiger charge is -1.92. The molecule has 0 atom stereocenters. The molecular weight excluding hydrogens is 186 g/mol. The highest BCUT2D eigenvalue weighted by Gasteiger charge is 2.05. The first-order valence-electron chi connectivity index (χ1n) is 4.07. The smallest absolute Gasteiger partial charge is 0.237 e. The third kappa shape index (κ3) is 1.77. The zero-order chi connectivity index (χ0) is 9.97. The van der Waals surface area contributed by atoms with E-state index in [1.165, 1.54) is 4.68 Å². The molecule has 2 aromatic heterocycles. The number of aliphatic hydroxyl groups excluding tert-OH is 1. The Morgan fingerprint density at radius 2 is 2.29 bits per heavy atom. The summed E-state index contributed by atoms with van der Waals surface area (Å²) in [5, 5.41) is 23.7. The number of hydrogen-bond donors (Lipinski definition) is 1. The van der Waals surface area contributed by atoms with Crippen LogP contribution in [0.4, 0.5) is 0 Å². The summed E-state index contributed by atoms with van der Waals surface area (Å²) in [7, 11) is 0. The van der Waals surface area contributed by atoms with Gasteiger partial charge in [0.2, 0.25) is 11.8 Å². The van der Waals surface area contributed by atoms with Crippen LogP contribution in [0.3, 0.4) is 0 Å². The summed E-state index contributed by atoms with van der Waals surface area (Å²) < 4.78 is 6.68. The Morgan fingerprint density at radius 3 is 2.86 bits per heavy atom. The molecule has 0 unspecified atom stereocenters. The van der Waals surface area contributed by atoms with Crippen LogP contribution >= 0.6 is 0 Å². The molecule has 74 valence electrons. The van der Waals surface area contributed by atoms with Gasteiger partial charge in [-0.2, -0.15) is 0 Å². The first kappa shape index (κ1) is 8.82. The molecule has 7 heteroatoms. The fourth-order valence-electron chi connectivity index (χ4n) is 1.03. The normalized spacial score (nSPS) is 10.7. The van der Waals surface area contributed by atoms with Crippen molar-refractivity contribution < 1.29 is 9.52 Å². The first-order valence-corrected chi connectivity index (χ1v) is 4.07. The molecule has 0 aliphatic carbocycles. The summed E-state index contributed by atoms with van der Waals surface area (Å²) >= 11 is 0. The third-order valence-electron chi connectivity index (χ3n) is 1.61. The summed E-state index contributed by atoms with van der Waals surface area (Å²) in [6.07, 6.45) is 1.62. The third-order valence-corrected chi connectivity index (χ3v) is 1.61. The highest BCUT2D eigenvalue weighted by atomic mass is 16.4. The second-order valence-electron chi connectivity index (χ2n) is 2.78. The van der Waals surface area contributed by atoms with Gasteiger partial charge in [0, 0.05) is 6.92 Å². The Kier molecular flexibility index (Phi) is 2.23. The molecule has 0 saturated carbocycles. The van der Waals surface area contributed by atoms with Crippen molar-refractivity contribution in [1.82, 2.24) is 25.2 Å². The number of aromatic nitrogens is 5. The van der Waals surface area contributed by atoms with Gasteiger partial charge in [0.05, 0.1) is 12.8 Å². The SMILES string of the molecule is Cc1nnc(Cn2cc(CO)nn2)o1. The Bertz CT molecular complexity index is 421. The molecule has 0 aromatic carbocycles. The molecule has 14 heavy (non-hydrogen) atoms. The molecule has 0 aliphatic rings. The van der Waals surface area contributed by atoms with Gasteiger partial charge >= 0.3 is 0 Å². The van der Waals surface area contributed by atoms with E-state index in [-0.39, 0.29) is 6.61 Å². The van der Waals surface area contributed by atoms with Gasteiger partial charge in [-0.25, -0.2) is 4.68 Å². The second kappa shape index (κ2) is 3.54. The van der Waals surface area contributed by atoms with Crippen LogP contribution in [-0.2, 0) is 13.2 Å². The van der Waals surface area contributed by atoms with E-state index in [9.17, 15) is 0 Å². The van der Waals surface area contributed by atoms with E-state index in [0.717, 1.165) is 0 Å². The van der Waals surface area contributed by atoms with E-state index < -0.39 is 0 Å². The Morgan fingerprint density at radius 1 is 1.43 bits per heavy atom. The lowest BCUT2D eigenvalue weighted by molar-refractivity contribution is 0.276. The van der Waals surface area contributed by atoms with Crippen LogP contribution in [0.2, 0.25) is 0 Å². The molecule has 0 radical (unpaired) electrons. The van der Waals surface area contributed by atoms with E-state index in [0.29, 0.717) is 24.0 Å². The Labute approximate surface area is 79.4 Å². The van der Waals surface area contributed by atoms with Gasteiger partial charge in [-0.3, -0.25) is 0 Å². The maximum atomic E-state index is 8.75. The predicted molar refractivity (Wildman–Crippen MR) is 44.1 cm³/mol. The number of aliphatic hydroxyl groups is 1. The van der Waals surface area contributed by atoms with E-state index in [2.05, 4.69) is 20.5 Å². The minimum atomic E-state index is -0.122. The topological polar surface area (TPSA) is 89.9 Å². The Hall–Kier alpha value is -1.76. The van der Waals surface area contributed by atoms with Crippen molar-refractivity contribution in [3.8, 4) is 0 Å². The van der Waals surface area contributed by atoms with Crippen molar-refractivity contribution in [3.63, 3.8) is 0 Å². The molecule has 0 aliphatic heterocycles. The minimum absolute atomic E-state index is 0.122. The summed E-state index contributed by atoms with van der Waals surface area (Å²) in [5.41, 5.74) is 0.515. The highest BCUT2D eigenvalue weighted by molar-refractivity contribution is 4.91. The highest BCUT2D eigenvalue weighted by Crippen LogP contribution is 2.00. The zero-order valence-corrected chi connectivity index (χ0v) is 7.58. The van der Waals surface area contributed by atoms with Gasteiger partial charge in [0.15, 0.2) is 0 Å². The van der Waals surface area contributed by atoms with Crippen LogP contribution < -0.4 is 0 Å². The van der Waals surface area contributed by atoms with E-state index in [1.807, 2.05) is 0 Å². The molecule has 0 fully saturated rings. The predicted octanol–water partition coefficient (Wildman–Crippen LogP) is -0.490. The molecule has 7 nitrogen and oxygen atoms in total. The monoisotopic (exact) mass is 195 g/mol. The molecular formula is C7H9N5O2. The summed E-state index contributed by atoms with van der Waals surface area (Å²) in [6.45, 7) is 1.97. The average molecular weight is 195 g/mol. The summed E-state index contributed by atoms with van der Waals surface area (Å²) in [6, 6.07) is 0. The van der Waals surface area contributed by atoms with E-state index in [4.69, 9.17) is 9.52 Å². The van der Waals surface area contributed by atoms with Crippen LogP contribution in [0.25, 0.3) is 0 Å². The van der Waals surface area contributed by atoms with Crippen molar-refractivity contribution in [1.29, 1.82) is 0 Å². The van der Waals surface area contributed by atoms with Crippen molar-refractivity contribution in [2.24, 2.45) is 0 Å². The van der Waals surface area contributed by atoms with E-state index in [1.54, 1.807) is 13.1 Å². The van der Waals surface area contributed by atoms with Gasteiger partial charge in [-0.05, 0) is 0 Å². The van der Waals surface area contributed by atoms with Gasteiger partial charge in [-0.1, -0.05) is 5.21 Å². The fourth-order valence-corrected chi connectivity index (χ4v) is 1.03. The van der Waals surface area contributed by atoms with Crippen LogP contribution in [0, 0.1) is 6.92 Å². The van der Waals surface area contributed by atoms with E-state index >= 15 is 0 Å². The molecule has 0 bridgehead atoms. The maximum absolute atomic E-state index is 8.75. The van der Waals surface area contributed by atoms with Gasteiger partial charge in [-0.15, -0.1) is 15.3 Å². The molecule has 2 aromatic rings. The van der Waals surface area contributed by atoms with Crippen LogP contribution in [0.1, 0.15) is 17.5 Å². The molecule has 0 spiro atoms. The molecule has 2 heterocycles. The fraction of sp³-hybridized carbons (Fsp3) is 0.429. The van der Waals surface area contributed by atoms with Crippen molar-refractivity contribution in [2.45, 2.75) is 20.1 Å². The van der Waals surface area contributed by atoms with Gasteiger partial charge in [0.1, 0.15) is 12.2 Å². The number of aryl methyl sites for hydroxylation is 1. The lowest BCUT2D eigenvalue weighted by Crippen LogP contribution is -2.00. The van der Waals surface area contributed by atoms with Gasteiger partial charge < -0.3 is 9.52 Å². The van der Waals surface area contributed by atoms with Crippen LogP contribution in [0.5, 0.6) is 0 Å². The second-order valence-corrected chi connectivity index (χ2v) is 2.78. The quantitative estimate of drug-likeness (QED) is 0.710.